The number of anilines is 1. The lowest BCUT2D eigenvalue weighted by Gasteiger charge is -2.07. The first-order valence-electron chi connectivity index (χ1n) is 8.17. The van der Waals surface area contributed by atoms with Crippen LogP contribution in [0.25, 0.3) is 17.0 Å². The summed E-state index contributed by atoms with van der Waals surface area (Å²) < 4.78 is 1.82. The molecule has 0 atom stereocenters. The van der Waals surface area contributed by atoms with E-state index in [0.29, 0.717) is 11.5 Å². The third-order valence-corrected chi connectivity index (χ3v) is 4.39. The van der Waals surface area contributed by atoms with Crippen LogP contribution in [0.3, 0.4) is 0 Å². The molecule has 2 aromatic heterocycles. The number of halogens is 1. The van der Waals surface area contributed by atoms with Gasteiger partial charge in [-0.05, 0) is 24.3 Å². The van der Waals surface area contributed by atoms with Crippen molar-refractivity contribution in [3.8, 4) is 11.3 Å². The maximum Gasteiger partial charge on any atom is 0.270 e. The number of nitro benzene ring substituents is 1. The Morgan fingerprint density at radius 2 is 1.96 bits per heavy atom. The molecule has 9 heteroatoms. The number of carbonyl (C=O) groups is 1. The molecule has 28 heavy (non-hydrogen) atoms. The van der Waals surface area contributed by atoms with E-state index >= 15 is 0 Å². The van der Waals surface area contributed by atoms with Crippen molar-refractivity contribution in [2.75, 3.05) is 5.32 Å². The molecular formula is C19H12ClN5O3. The maximum atomic E-state index is 12.4. The van der Waals surface area contributed by atoms with E-state index in [4.69, 9.17) is 11.6 Å². The van der Waals surface area contributed by atoms with Crippen LogP contribution < -0.4 is 5.32 Å². The van der Waals surface area contributed by atoms with Crippen molar-refractivity contribution in [1.82, 2.24) is 14.4 Å². The molecular weight excluding hydrogens is 382 g/mol. The van der Waals surface area contributed by atoms with Crippen molar-refractivity contribution in [3.63, 3.8) is 0 Å². The summed E-state index contributed by atoms with van der Waals surface area (Å²) in [5.41, 5.74) is 2.17. The van der Waals surface area contributed by atoms with Gasteiger partial charge in [-0.3, -0.25) is 19.3 Å². The maximum absolute atomic E-state index is 12.4. The van der Waals surface area contributed by atoms with E-state index in [0.717, 1.165) is 17.3 Å². The highest BCUT2D eigenvalue weighted by molar-refractivity contribution is 6.34. The molecule has 0 aliphatic carbocycles. The van der Waals surface area contributed by atoms with Gasteiger partial charge < -0.3 is 5.32 Å². The lowest BCUT2D eigenvalue weighted by Crippen LogP contribution is -2.12. The predicted molar refractivity (Wildman–Crippen MR) is 104 cm³/mol. The van der Waals surface area contributed by atoms with Crippen LogP contribution in [0.5, 0.6) is 0 Å². The van der Waals surface area contributed by atoms with Crippen molar-refractivity contribution in [2.24, 2.45) is 0 Å². The zero-order valence-electron chi connectivity index (χ0n) is 14.2. The molecule has 4 aromatic rings. The molecule has 8 nitrogen and oxygen atoms in total. The van der Waals surface area contributed by atoms with E-state index in [-0.39, 0.29) is 16.3 Å². The highest BCUT2D eigenvalue weighted by Crippen LogP contribution is 2.24. The molecule has 0 saturated carbocycles. The first kappa shape index (κ1) is 17.6. The fourth-order valence-corrected chi connectivity index (χ4v) is 2.95. The summed E-state index contributed by atoms with van der Waals surface area (Å²) in [6, 6.07) is 12.7. The van der Waals surface area contributed by atoms with Crippen molar-refractivity contribution in [1.29, 1.82) is 0 Å². The molecule has 0 bridgehead atoms. The highest BCUT2D eigenvalue weighted by Gasteiger charge is 2.15. The van der Waals surface area contributed by atoms with Gasteiger partial charge in [0.05, 0.1) is 21.2 Å². The number of fused-ring (bicyclic) bond motifs is 1. The summed E-state index contributed by atoms with van der Waals surface area (Å²) in [4.78, 5) is 31.2. The fourth-order valence-electron chi connectivity index (χ4n) is 2.69. The van der Waals surface area contributed by atoms with Crippen LogP contribution in [0.4, 0.5) is 11.4 Å². The van der Waals surface area contributed by atoms with Crippen molar-refractivity contribution in [2.45, 2.75) is 0 Å². The van der Waals surface area contributed by atoms with Gasteiger partial charge in [-0.25, -0.2) is 9.97 Å². The number of carbonyl (C=O) groups excluding carboxylic acids is 1. The Morgan fingerprint density at radius 1 is 1.18 bits per heavy atom. The van der Waals surface area contributed by atoms with Crippen molar-refractivity contribution < 1.29 is 9.72 Å². The smallest absolute Gasteiger partial charge is 0.270 e. The summed E-state index contributed by atoms with van der Waals surface area (Å²) in [5, 5.41) is 13.5. The van der Waals surface area contributed by atoms with Gasteiger partial charge in [0.25, 0.3) is 11.6 Å². The second-order valence-electron chi connectivity index (χ2n) is 5.91. The number of non-ortho nitro benzene ring substituents is 1. The van der Waals surface area contributed by atoms with E-state index in [1.54, 1.807) is 18.3 Å². The van der Waals surface area contributed by atoms with E-state index in [9.17, 15) is 14.9 Å². The number of rotatable bonds is 4. The molecule has 0 spiro atoms. The molecule has 0 saturated heterocycles. The third-order valence-electron chi connectivity index (χ3n) is 4.08. The quantitative estimate of drug-likeness (QED) is 0.413. The van der Waals surface area contributed by atoms with Crippen LogP contribution in [0.2, 0.25) is 5.02 Å². The van der Waals surface area contributed by atoms with Crippen LogP contribution in [0.1, 0.15) is 10.4 Å². The minimum Gasteiger partial charge on any atom is -0.322 e. The highest BCUT2D eigenvalue weighted by atomic mass is 35.5. The number of imidazole rings is 1. The lowest BCUT2D eigenvalue weighted by molar-refractivity contribution is -0.384. The topological polar surface area (TPSA) is 102 Å². The molecule has 2 heterocycles. The summed E-state index contributed by atoms with van der Waals surface area (Å²) in [6.45, 7) is 0. The Morgan fingerprint density at radius 3 is 2.64 bits per heavy atom. The van der Waals surface area contributed by atoms with Gasteiger partial charge in [-0.15, -0.1) is 0 Å². The van der Waals surface area contributed by atoms with Crippen molar-refractivity contribution in [3.05, 3.63) is 87.8 Å². The minimum absolute atomic E-state index is 0.0144. The standard InChI is InChI=1S/C19H12ClN5O3/c20-16-10-14(25(27)28)6-7-15(16)18(26)22-13-4-2-12(3-5-13)17-11-24-9-1-8-21-19(24)23-17/h1-11H,(H,22,26). The van der Waals surface area contributed by atoms with Crippen molar-refractivity contribution >= 4 is 34.7 Å². The van der Waals surface area contributed by atoms with Gasteiger partial charge in [0.1, 0.15) is 0 Å². The van der Waals surface area contributed by atoms with E-state index < -0.39 is 10.8 Å². The van der Waals surface area contributed by atoms with Gasteiger partial charge in [-0.2, -0.15) is 0 Å². The predicted octanol–water partition coefficient (Wildman–Crippen LogP) is 4.21. The lowest BCUT2D eigenvalue weighted by atomic mass is 10.1. The number of amides is 1. The number of hydrogen-bond donors (Lipinski definition) is 1. The molecule has 0 radical (unpaired) electrons. The molecule has 4 rings (SSSR count). The Balaban J connectivity index is 1.53. The molecule has 1 N–H and O–H groups in total. The molecule has 0 fully saturated rings. The van der Waals surface area contributed by atoms with Gasteiger partial charge in [0.2, 0.25) is 5.78 Å². The second kappa shape index (κ2) is 7.09. The summed E-state index contributed by atoms with van der Waals surface area (Å²) in [7, 11) is 0. The number of aromatic nitrogens is 3. The summed E-state index contributed by atoms with van der Waals surface area (Å²) in [6.07, 6.45) is 5.40. The monoisotopic (exact) mass is 393 g/mol. The Kier molecular flexibility index (Phi) is 4.46. The number of nitro groups is 1. The number of nitrogens with one attached hydrogen (secondary N) is 1. The molecule has 2 aromatic carbocycles. The first-order chi connectivity index (χ1) is 13.5. The number of nitrogens with zero attached hydrogens (tertiary/aromatic N) is 4. The Labute approximate surface area is 163 Å². The SMILES string of the molecule is O=C(Nc1ccc(-c2cn3cccnc3n2)cc1)c1ccc([N+](=O)[O-])cc1Cl. The molecule has 138 valence electrons. The van der Waals surface area contributed by atoms with E-state index in [1.807, 2.05) is 35.0 Å². The molecule has 0 unspecified atom stereocenters. The van der Waals surface area contributed by atoms with Gasteiger partial charge in [-0.1, -0.05) is 23.7 Å². The van der Waals surface area contributed by atoms with Crippen LogP contribution in [-0.2, 0) is 0 Å². The minimum atomic E-state index is -0.568. The number of benzene rings is 2. The van der Waals surface area contributed by atoms with Gasteiger partial charge in [0, 0.05) is 42.0 Å². The molecule has 0 aliphatic rings. The first-order valence-corrected chi connectivity index (χ1v) is 8.54. The summed E-state index contributed by atoms with van der Waals surface area (Å²) >= 11 is 6.00. The molecule has 0 aliphatic heterocycles. The Hall–Kier alpha value is -3.78. The average molecular weight is 394 g/mol. The summed E-state index contributed by atoms with van der Waals surface area (Å²) in [5.74, 6) is 0.146. The largest absolute Gasteiger partial charge is 0.322 e. The van der Waals surface area contributed by atoms with E-state index in [1.165, 1.54) is 12.1 Å². The van der Waals surface area contributed by atoms with Crippen LogP contribution in [0, 0.1) is 10.1 Å². The number of hydrogen-bond acceptors (Lipinski definition) is 5. The zero-order chi connectivity index (χ0) is 19.7. The van der Waals surface area contributed by atoms with E-state index in [2.05, 4.69) is 15.3 Å². The second-order valence-corrected chi connectivity index (χ2v) is 6.31. The third kappa shape index (κ3) is 3.40. The molecule has 1 amide bonds. The van der Waals surface area contributed by atoms with Crippen LogP contribution >= 0.6 is 11.6 Å². The van der Waals surface area contributed by atoms with Gasteiger partial charge in [0.15, 0.2) is 0 Å². The normalized spacial score (nSPS) is 10.8. The fraction of sp³-hybridized carbons (Fsp3) is 0. The van der Waals surface area contributed by atoms with Crippen LogP contribution in [0.15, 0.2) is 67.1 Å². The van der Waals surface area contributed by atoms with Crippen LogP contribution in [-0.4, -0.2) is 25.2 Å². The average Bonchev–Trinajstić information content (AvgIpc) is 3.12. The van der Waals surface area contributed by atoms with Gasteiger partial charge >= 0.3 is 0 Å². The zero-order valence-corrected chi connectivity index (χ0v) is 15.0. The Bertz CT molecular complexity index is 1170.